The molecule has 0 aromatic carbocycles. The van der Waals surface area contributed by atoms with Crippen LogP contribution in [0.5, 0.6) is 0 Å². The Morgan fingerprint density at radius 3 is 3.17 bits per heavy atom. The molecule has 0 amide bonds. The monoisotopic (exact) mass is 257 g/mol. The molecule has 0 aliphatic heterocycles. The van der Waals surface area contributed by atoms with Crippen LogP contribution in [0.3, 0.4) is 0 Å². The van der Waals surface area contributed by atoms with E-state index in [1.807, 2.05) is 0 Å². The van der Waals surface area contributed by atoms with Gasteiger partial charge in [0, 0.05) is 21.6 Å². The summed E-state index contributed by atoms with van der Waals surface area (Å²) < 4.78 is 67.9. The highest BCUT2D eigenvalue weighted by Gasteiger charge is 2.04. The average molecular weight is 257 g/mol. The molecule has 18 heavy (non-hydrogen) atoms. The SMILES string of the molecule is [2H]C([2H])(OC(C)=O)C([2H])([2H])C([2H])([2H])C([2H])([2H])n1cnc2cnc(N)nc21. The minimum Gasteiger partial charge on any atom is -0.466 e. The fraction of sp³-hybridized carbons (Fsp3) is 0.455. The summed E-state index contributed by atoms with van der Waals surface area (Å²) in [6, 6.07) is 0. The molecule has 96 valence electrons. The Morgan fingerprint density at radius 2 is 2.39 bits per heavy atom. The molecular formula is C11H15N5O2. The number of hydrogen-bond donors (Lipinski definition) is 1. The molecule has 2 rings (SSSR count). The average Bonchev–Trinajstić information content (AvgIpc) is 2.88. The van der Waals surface area contributed by atoms with E-state index in [4.69, 9.17) is 16.7 Å². The zero-order valence-corrected chi connectivity index (χ0v) is 9.34. The maximum absolute atomic E-state index is 11.0. The number of hydrogen-bond acceptors (Lipinski definition) is 6. The Hall–Kier alpha value is -2.18. The van der Waals surface area contributed by atoms with Crippen LogP contribution in [-0.2, 0) is 16.0 Å². The normalized spacial score (nSPS) is 20.5. The molecule has 0 aliphatic carbocycles. The molecule has 0 fully saturated rings. The van der Waals surface area contributed by atoms with Gasteiger partial charge < -0.3 is 15.0 Å². The molecule has 0 atom stereocenters. The Kier molecular flexibility index (Phi) is 1.70. The number of esters is 1. The number of carbonyl (C=O) groups excluding carboxylic acids is 1. The molecule has 0 saturated heterocycles. The summed E-state index contributed by atoms with van der Waals surface area (Å²) in [5.74, 6) is -1.43. The number of ether oxygens (including phenoxy) is 1. The van der Waals surface area contributed by atoms with Crippen molar-refractivity contribution in [3.8, 4) is 0 Å². The first kappa shape index (κ1) is 5.64. The summed E-state index contributed by atoms with van der Waals surface area (Å²) in [5.41, 5.74) is 5.30. The lowest BCUT2D eigenvalue weighted by Gasteiger charge is -2.04. The van der Waals surface area contributed by atoms with E-state index in [9.17, 15) is 4.79 Å². The minimum absolute atomic E-state index is 0.0717. The van der Waals surface area contributed by atoms with Gasteiger partial charge in [0.2, 0.25) is 5.95 Å². The first-order valence-electron chi connectivity index (χ1n) is 8.81. The van der Waals surface area contributed by atoms with Gasteiger partial charge in [-0.15, -0.1) is 0 Å². The molecule has 0 bridgehead atoms. The number of nitrogens with zero attached hydrogens (tertiary/aromatic N) is 4. The molecule has 0 unspecified atom stereocenters. The van der Waals surface area contributed by atoms with Crippen LogP contribution in [0.25, 0.3) is 11.2 Å². The number of nitrogens with two attached hydrogens (primary N) is 1. The number of imidazole rings is 1. The fourth-order valence-electron chi connectivity index (χ4n) is 1.12. The van der Waals surface area contributed by atoms with Crippen LogP contribution in [0.4, 0.5) is 5.95 Å². The van der Waals surface area contributed by atoms with E-state index < -0.39 is 31.8 Å². The lowest BCUT2D eigenvalue weighted by atomic mass is 10.3. The van der Waals surface area contributed by atoms with Crippen LogP contribution < -0.4 is 5.73 Å². The molecular weight excluding hydrogens is 234 g/mol. The van der Waals surface area contributed by atoms with Gasteiger partial charge in [0.25, 0.3) is 0 Å². The summed E-state index contributed by atoms with van der Waals surface area (Å²) in [7, 11) is 0. The smallest absolute Gasteiger partial charge is 0.302 e. The van der Waals surface area contributed by atoms with Gasteiger partial charge in [-0.05, 0) is 12.7 Å². The molecule has 2 N–H and O–H groups in total. The highest BCUT2D eigenvalue weighted by atomic mass is 16.5. The van der Waals surface area contributed by atoms with Crippen LogP contribution >= 0.6 is 0 Å². The second-order valence-corrected chi connectivity index (χ2v) is 3.11. The van der Waals surface area contributed by atoms with E-state index in [-0.39, 0.29) is 17.1 Å². The van der Waals surface area contributed by atoms with Gasteiger partial charge >= 0.3 is 5.97 Å². The molecule has 0 saturated carbocycles. The molecule has 2 heterocycles. The van der Waals surface area contributed by atoms with Crippen molar-refractivity contribution in [2.75, 3.05) is 12.3 Å². The third-order valence-electron chi connectivity index (χ3n) is 1.79. The first-order valence-corrected chi connectivity index (χ1v) is 4.81. The summed E-state index contributed by atoms with van der Waals surface area (Å²) in [5, 5.41) is 0. The lowest BCUT2D eigenvalue weighted by Crippen LogP contribution is -2.04. The van der Waals surface area contributed by atoms with Gasteiger partial charge in [-0.3, -0.25) is 4.79 Å². The maximum atomic E-state index is 11.0. The molecule has 7 nitrogen and oxygen atoms in total. The summed E-state index contributed by atoms with van der Waals surface area (Å²) in [6.45, 7) is -5.83. The second-order valence-electron chi connectivity index (χ2n) is 3.11. The number of fused-ring (bicyclic) bond motifs is 1. The van der Waals surface area contributed by atoms with Crippen molar-refractivity contribution in [2.45, 2.75) is 26.2 Å². The first-order chi connectivity index (χ1) is 11.6. The summed E-state index contributed by atoms with van der Waals surface area (Å²) in [6.07, 6.45) is -5.09. The maximum Gasteiger partial charge on any atom is 0.302 e. The van der Waals surface area contributed by atoms with Crippen LogP contribution in [0.2, 0.25) is 0 Å². The molecule has 2 aromatic heterocycles. The topological polar surface area (TPSA) is 95.9 Å². The number of nitrogen functional groups attached to an aromatic ring is 1. The Balaban J connectivity index is 2.61. The van der Waals surface area contributed by atoms with E-state index in [0.29, 0.717) is 4.57 Å². The number of carbonyl (C=O) groups is 1. The van der Waals surface area contributed by atoms with Crippen molar-refractivity contribution in [3.05, 3.63) is 12.5 Å². The van der Waals surface area contributed by atoms with Crippen molar-refractivity contribution in [3.63, 3.8) is 0 Å². The minimum atomic E-state index is -3.59. The highest BCUT2D eigenvalue weighted by molar-refractivity contribution is 5.70. The van der Waals surface area contributed by atoms with Gasteiger partial charge in [-0.25, -0.2) is 9.97 Å². The molecule has 2 aromatic rings. The second kappa shape index (κ2) is 5.44. The standard InChI is InChI=1S/C11H15N5O2/c1-8(17)18-5-3-2-4-16-7-14-9-6-13-11(12)15-10(9)16/h6-7H,2-5H2,1H3,(H2,12,13,15)/i2D2,3D2,4D2,5D2. The Labute approximate surface area is 115 Å². The van der Waals surface area contributed by atoms with Gasteiger partial charge in [0.1, 0.15) is 5.52 Å². The zero-order valence-electron chi connectivity index (χ0n) is 17.3. The van der Waals surface area contributed by atoms with E-state index in [2.05, 4.69) is 19.7 Å². The molecule has 0 aliphatic rings. The van der Waals surface area contributed by atoms with Crippen LogP contribution in [0.1, 0.15) is 30.6 Å². The van der Waals surface area contributed by atoms with Crippen molar-refractivity contribution < 1.29 is 20.5 Å². The third kappa shape index (κ3) is 2.93. The lowest BCUT2D eigenvalue weighted by molar-refractivity contribution is -0.141. The van der Waals surface area contributed by atoms with Crippen molar-refractivity contribution in [1.82, 2.24) is 19.5 Å². The predicted molar refractivity (Wildman–Crippen MR) is 65.6 cm³/mol. The predicted octanol–water partition coefficient (Wildman–Crippen LogP) is 0.752. The van der Waals surface area contributed by atoms with E-state index in [1.165, 1.54) is 6.20 Å². The van der Waals surface area contributed by atoms with E-state index in [1.54, 1.807) is 0 Å². The molecule has 0 spiro atoms. The zero-order chi connectivity index (χ0) is 20.1. The van der Waals surface area contributed by atoms with Crippen molar-refractivity contribution in [2.24, 2.45) is 0 Å². The largest absolute Gasteiger partial charge is 0.466 e. The quantitative estimate of drug-likeness (QED) is 0.794. The Bertz CT molecular complexity index is 852. The van der Waals surface area contributed by atoms with Crippen LogP contribution in [0, 0.1) is 0 Å². The number of aryl methyl sites for hydroxylation is 1. The van der Waals surface area contributed by atoms with Gasteiger partial charge in [0.05, 0.1) is 21.8 Å². The third-order valence-corrected chi connectivity index (χ3v) is 1.79. The molecule has 7 heteroatoms. The van der Waals surface area contributed by atoms with Crippen molar-refractivity contribution >= 4 is 23.1 Å². The van der Waals surface area contributed by atoms with Crippen LogP contribution in [-0.4, -0.2) is 32.0 Å². The number of rotatable bonds is 5. The molecule has 0 radical (unpaired) electrons. The number of aromatic nitrogens is 4. The van der Waals surface area contributed by atoms with Gasteiger partial charge in [-0.2, -0.15) is 4.98 Å². The highest BCUT2D eigenvalue weighted by Crippen LogP contribution is 2.10. The summed E-state index contributed by atoms with van der Waals surface area (Å²) in [4.78, 5) is 22.3. The van der Waals surface area contributed by atoms with Crippen molar-refractivity contribution in [1.29, 1.82) is 0 Å². The fourth-order valence-corrected chi connectivity index (χ4v) is 1.12. The van der Waals surface area contributed by atoms with E-state index >= 15 is 0 Å². The van der Waals surface area contributed by atoms with Gasteiger partial charge in [0.15, 0.2) is 5.65 Å². The van der Waals surface area contributed by atoms with E-state index in [0.717, 1.165) is 13.3 Å². The summed E-state index contributed by atoms with van der Waals surface area (Å²) >= 11 is 0. The Morgan fingerprint density at radius 1 is 1.56 bits per heavy atom. The van der Waals surface area contributed by atoms with Gasteiger partial charge in [-0.1, -0.05) is 0 Å². The number of anilines is 1. The van der Waals surface area contributed by atoms with Crippen LogP contribution in [0.15, 0.2) is 12.5 Å².